The Kier molecular flexibility index (Phi) is 7.94. The monoisotopic (exact) mass is 447 g/mol. The van der Waals surface area contributed by atoms with E-state index in [1.165, 1.54) is 6.08 Å². The molecule has 11 heteroatoms. The number of rotatable bonds is 9. The molecule has 0 aromatic heterocycles. The summed E-state index contributed by atoms with van der Waals surface area (Å²) in [5, 5.41) is 3.10. The fraction of sp³-hybridized carbons (Fsp3) is 0.500. The van der Waals surface area contributed by atoms with Gasteiger partial charge in [0.25, 0.3) is 20.2 Å². The molecule has 1 N–H and O–H groups in total. The number of ether oxygens (including phenoxy) is 1. The Morgan fingerprint density at radius 1 is 1.07 bits per heavy atom. The highest BCUT2D eigenvalue weighted by Gasteiger charge is 2.41. The molecular formula is C18H25NO8S2. The first kappa shape index (κ1) is 23.5. The van der Waals surface area contributed by atoms with Crippen LogP contribution in [0.15, 0.2) is 42.0 Å². The van der Waals surface area contributed by atoms with Gasteiger partial charge in [-0.1, -0.05) is 36.4 Å². The molecule has 9 nitrogen and oxygen atoms in total. The van der Waals surface area contributed by atoms with Crippen LogP contribution in [0.1, 0.15) is 18.9 Å². The van der Waals surface area contributed by atoms with E-state index in [1.54, 1.807) is 6.92 Å². The van der Waals surface area contributed by atoms with Crippen molar-refractivity contribution in [3.63, 3.8) is 0 Å². The summed E-state index contributed by atoms with van der Waals surface area (Å²) in [7, 11) is -7.88. The summed E-state index contributed by atoms with van der Waals surface area (Å²) in [5.41, 5.74) is 1.09. The van der Waals surface area contributed by atoms with Gasteiger partial charge in [-0.25, -0.2) is 4.79 Å². The fourth-order valence-corrected chi connectivity index (χ4v) is 4.24. The molecule has 0 saturated carbocycles. The predicted octanol–water partition coefficient (Wildman–Crippen LogP) is 0.728. The fourth-order valence-electron chi connectivity index (χ4n) is 2.96. The standard InChI is InChI=1S/C18H25NO8S2/c1-4-25-18(20)14-10-15(19-12-13-8-6-5-7-9-13)17(27-29(3,23)24)16(11-14)26-28(2,21)22/h5-10,15-17,19H,4,11-12H2,1-3H3/t15-,16-,17+/m0/s1. The Bertz CT molecular complexity index is 941. The molecule has 0 aliphatic heterocycles. The number of benzene rings is 1. The molecular weight excluding hydrogens is 422 g/mol. The van der Waals surface area contributed by atoms with Crippen molar-refractivity contribution in [2.24, 2.45) is 0 Å². The molecule has 0 unspecified atom stereocenters. The molecule has 0 bridgehead atoms. The minimum Gasteiger partial charge on any atom is -0.463 e. The van der Waals surface area contributed by atoms with Gasteiger partial charge in [0, 0.05) is 18.5 Å². The molecule has 1 aliphatic rings. The van der Waals surface area contributed by atoms with Gasteiger partial charge in [-0.15, -0.1) is 0 Å². The second-order valence-corrected chi connectivity index (χ2v) is 9.81. The molecule has 0 saturated heterocycles. The van der Waals surface area contributed by atoms with Crippen molar-refractivity contribution in [3.8, 4) is 0 Å². The highest BCUT2D eigenvalue weighted by molar-refractivity contribution is 7.86. The third-order valence-corrected chi connectivity index (χ3v) is 5.20. The Labute approximate surface area is 171 Å². The van der Waals surface area contributed by atoms with E-state index in [0.717, 1.165) is 18.1 Å². The lowest BCUT2D eigenvalue weighted by Crippen LogP contribution is -2.52. The van der Waals surface area contributed by atoms with Crippen molar-refractivity contribution in [1.29, 1.82) is 0 Å². The van der Waals surface area contributed by atoms with Gasteiger partial charge in [-0.05, 0) is 12.5 Å². The van der Waals surface area contributed by atoms with E-state index in [2.05, 4.69) is 5.32 Å². The predicted molar refractivity (Wildman–Crippen MR) is 106 cm³/mol. The highest BCUT2D eigenvalue weighted by atomic mass is 32.2. The molecule has 1 aliphatic carbocycles. The third kappa shape index (κ3) is 7.86. The lowest BCUT2D eigenvalue weighted by molar-refractivity contribution is -0.139. The Balaban J connectivity index is 2.38. The molecule has 1 aromatic carbocycles. The van der Waals surface area contributed by atoms with Crippen molar-refractivity contribution in [2.75, 3.05) is 19.1 Å². The number of esters is 1. The molecule has 0 heterocycles. The average Bonchev–Trinajstić information content (AvgIpc) is 2.60. The van der Waals surface area contributed by atoms with Gasteiger partial charge in [0.15, 0.2) is 0 Å². The lowest BCUT2D eigenvalue weighted by atomic mass is 9.90. The summed E-state index contributed by atoms with van der Waals surface area (Å²) in [4.78, 5) is 12.2. The van der Waals surface area contributed by atoms with E-state index in [-0.39, 0.29) is 18.6 Å². The van der Waals surface area contributed by atoms with E-state index in [1.807, 2.05) is 30.3 Å². The Hall–Kier alpha value is -1.79. The Morgan fingerprint density at radius 3 is 2.24 bits per heavy atom. The maximum Gasteiger partial charge on any atom is 0.333 e. The lowest BCUT2D eigenvalue weighted by Gasteiger charge is -2.35. The van der Waals surface area contributed by atoms with Gasteiger partial charge in [-0.3, -0.25) is 8.37 Å². The normalized spacial score (nSPS) is 22.7. The number of carbonyl (C=O) groups is 1. The molecule has 29 heavy (non-hydrogen) atoms. The maximum atomic E-state index is 12.2. The number of hydrogen-bond donors (Lipinski definition) is 1. The minimum atomic E-state index is -3.95. The number of hydrogen-bond acceptors (Lipinski definition) is 9. The van der Waals surface area contributed by atoms with E-state index in [9.17, 15) is 21.6 Å². The zero-order valence-electron chi connectivity index (χ0n) is 16.4. The second kappa shape index (κ2) is 9.81. The summed E-state index contributed by atoms with van der Waals surface area (Å²) in [6.45, 7) is 2.11. The summed E-state index contributed by atoms with van der Waals surface area (Å²) in [6.07, 6.45) is 0.621. The molecule has 162 valence electrons. The van der Waals surface area contributed by atoms with E-state index >= 15 is 0 Å². The zero-order chi connectivity index (χ0) is 21.7. The van der Waals surface area contributed by atoms with Crippen molar-refractivity contribution in [3.05, 3.63) is 47.5 Å². The molecule has 0 fully saturated rings. The summed E-state index contributed by atoms with van der Waals surface area (Å²) in [5.74, 6) is -0.626. The van der Waals surface area contributed by atoms with Crippen LogP contribution in [0.4, 0.5) is 0 Å². The van der Waals surface area contributed by atoms with Crippen LogP contribution in [0.5, 0.6) is 0 Å². The largest absolute Gasteiger partial charge is 0.463 e. The maximum absolute atomic E-state index is 12.2. The van der Waals surface area contributed by atoms with Crippen molar-refractivity contribution >= 4 is 26.2 Å². The van der Waals surface area contributed by atoms with Gasteiger partial charge in [0.2, 0.25) is 0 Å². The van der Waals surface area contributed by atoms with Crippen LogP contribution in [0.25, 0.3) is 0 Å². The van der Waals surface area contributed by atoms with Crippen LogP contribution < -0.4 is 5.32 Å². The summed E-state index contributed by atoms with van der Waals surface area (Å²) >= 11 is 0. The summed E-state index contributed by atoms with van der Waals surface area (Å²) in [6, 6.07) is 8.46. The first-order chi connectivity index (χ1) is 13.5. The quantitative estimate of drug-likeness (QED) is 0.431. The van der Waals surface area contributed by atoms with Crippen molar-refractivity contribution in [2.45, 2.75) is 38.1 Å². The van der Waals surface area contributed by atoms with Gasteiger partial charge < -0.3 is 10.1 Å². The molecule has 1 aromatic rings. The first-order valence-corrected chi connectivity index (χ1v) is 12.5. The smallest absolute Gasteiger partial charge is 0.333 e. The minimum absolute atomic E-state index is 0.138. The SMILES string of the molecule is CCOC(=O)C1=C[C@H](NCc2ccccc2)[C@@H](OS(C)(=O)=O)[C@@H](OS(C)(=O)=O)C1. The first-order valence-electron chi connectivity index (χ1n) is 8.90. The van der Waals surface area contributed by atoms with Gasteiger partial charge in [0.1, 0.15) is 12.2 Å². The molecule has 0 spiro atoms. The van der Waals surface area contributed by atoms with E-state index in [0.29, 0.717) is 6.54 Å². The van der Waals surface area contributed by atoms with Crippen LogP contribution >= 0.6 is 0 Å². The van der Waals surface area contributed by atoms with Crippen LogP contribution in [0.3, 0.4) is 0 Å². The Morgan fingerprint density at radius 2 is 1.69 bits per heavy atom. The highest BCUT2D eigenvalue weighted by Crippen LogP contribution is 2.28. The topological polar surface area (TPSA) is 125 Å². The number of nitrogens with one attached hydrogen (secondary N) is 1. The van der Waals surface area contributed by atoms with Gasteiger partial charge in [-0.2, -0.15) is 16.8 Å². The van der Waals surface area contributed by atoms with E-state index < -0.39 is 44.5 Å². The molecule has 2 rings (SSSR count). The molecule has 0 radical (unpaired) electrons. The van der Waals surface area contributed by atoms with Crippen LogP contribution in [0.2, 0.25) is 0 Å². The molecule has 0 amide bonds. The molecule has 3 atom stereocenters. The zero-order valence-corrected chi connectivity index (χ0v) is 18.0. The summed E-state index contributed by atoms with van der Waals surface area (Å²) < 4.78 is 62.2. The van der Waals surface area contributed by atoms with Gasteiger partial charge >= 0.3 is 5.97 Å². The average molecular weight is 448 g/mol. The second-order valence-electron chi connectivity index (χ2n) is 6.61. The van der Waals surface area contributed by atoms with Crippen LogP contribution in [0, 0.1) is 0 Å². The van der Waals surface area contributed by atoms with Crippen molar-refractivity contribution < 1.29 is 34.7 Å². The van der Waals surface area contributed by atoms with Crippen LogP contribution in [-0.2, 0) is 44.7 Å². The van der Waals surface area contributed by atoms with Crippen LogP contribution in [-0.4, -0.2) is 60.2 Å². The third-order valence-electron chi connectivity index (χ3n) is 4.03. The van der Waals surface area contributed by atoms with Gasteiger partial charge in [0.05, 0.1) is 25.2 Å². The van der Waals surface area contributed by atoms with Crippen molar-refractivity contribution in [1.82, 2.24) is 5.32 Å². The number of carbonyl (C=O) groups excluding carboxylic acids is 1. The van der Waals surface area contributed by atoms with E-state index in [4.69, 9.17) is 13.1 Å².